The molecular weight excluding hydrogens is 539 g/mol. The highest BCUT2D eigenvalue weighted by Crippen LogP contribution is 2.32. The number of carbonyl (C=O) groups excluding carboxylic acids is 1. The molecule has 0 bridgehead atoms. The van der Waals surface area contributed by atoms with Crippen molar-refractivity contribution in [2.75, 3.05) is 29.0 Å². The fraction of sp³-hybridized carbons (Fsp3) is 0.208. The predicted octanol–water partition coefficient (Wildman–Crippen LogP) is 5.94. The summed E-state index contributed by atoms with van der Waals surface area (Å²) in [6.07, 6.45) is -7.19. The zero-order valence-corrected chi connectivity index (χ0v) is 19.8. The summed E-state index contributed by atoms with van der Waals surface area (Å²) >= 11 is 0. The van der Waals surface area contributed by atoms with Crippen molar-refractivity contribution in [1.82, 2.24) is 4.98 Å². The Morgan fingerprint density at radius 1 is 0.897 bits per heavy atom. The van der Waals surface area contributed by atoms with E-state index >= 15 is 0 Å². The van der Waals surface area contributed by atoms with Crippen molar-refractivity contribution in [3.8, 4) is 11.1 Å². The van der Waals surface area contributed by atoms with E-state index in [-0.39, 0.29) is 0 Å². The van der Waals surface area contributed by atoms with Gasteiger partial charge in [-0.2, -0.15) is 26.3 Å². The molecule has 0 aliphatic heterocycles. The molecular formula is C24H22F7N5O3. The van der Waals surface area contributed by atoms with Crippen LogP contribution in [0.2, 0.25) is 0 Å². The molecule has 2 aromatic carbocycles. The molecule has 2 amide bonds. The number of carboxylic acids is 1. The number of nitrogens with one attached hydrogen (secondary N) is 3. The van der Waals surface area contributed by atoms with Gasteiger partial charge in [0.2, 0.25) is 0 Å². The standard InChI is InChI=1S/C22H21F4N5O.C2HF3O2/c23-18-8-5-16(22(24,25)26)12-19(18)31-21(32)30-17-6-2-14(3-7-17)15-4-9-20(29-13-15)28-11-1-10-27;3-2(4,5)1(6)7/h2-9,12-13H,1,10-11,27H2,(H,28,29)(H2,30,31,32);(H,6,7). The molecule has 15 heteroatoms. The number of alkyl halides is 6. The Hall–Kier alpha value is -4.40. The second-order valence-electron chi connectivity index (χ2n) is 7.65. The van der Waals surface area contributed by atoms with Crippen molar-refractivity contribution in [3.05, 3.63) is 72.2 Å². The number of urea groups is 1. The second kappa shape index (κ2) is 13.4. The van der Waals surface area contributed by atoms with E-state index in [4.69, 9.17) is 15.6 Å². The van der Waals surface area contributed by atoms with Crippen molar-refractivity contribution in [3.63, 3.8) is 0 Å². The predicted molar refractivity (Wildman–Crippen MR) is 130 cm³/mol. The molecule has 39 heavy (non-hydrogen) atoms. The number of hydrogen-bond acceptors (Lipinski definition) is 5. The first kappa shape index (κ1) is 30.8. The maximum Gasteiger partial charge on any atom is 0.490 e. The lowest BCUT2D eigenvalue weighted by atomic mass is 10.1. The molecule has 0 radical (unpaired) electrons. The van der Waals surface area contributed by atoms with Gasteiger partial charge in [0.25, 0.3) is 0 Å². The fourth-order valence-electron chi connectivity index (χ4n) is 2.82. The summed E-state index contributed by atoms with van der Waals surface area (Å²) in [6.45, 7) is 1.33. The number of pyridine rings is 1. The van der Waals surface area contributed by atoms with E-state index < -0.39 is 41.4 Å². The van der Waals surface area contributed by atoms with Gasteiger partial charge in [0, 0.05) is 24.0 Å². The number of benzene rings is 2. The van der Waals surface area contributed by atoms with Gasteiger partial charge < -0.3 is 26.8 Å². The van der Waals surface area contributed by atoms with Crippen LogP contribution < -0.4 is 21.7 Å². The lowest BCUT2D eigenvalue weighted by Gasteiger charge is -2.12. The molecule has 0 unspecified atom stereocenters. The van der Waals surface area contributed by atoms with Crippen molar-refractivity contribution < 1.29 is 45.4 Å². The van der Waals surface area contributed by atoms with Crippen LogP contribution in [0.3, 0.4) is 0 Å². The molecule has 0 saturated heterocycles. The summed E-state index contributed by atoms with van der Waals surface area (Å²) in [5.41, 5.74) is 5.91. The average molecular weight is 561 g/mol. The van der Waals surface area contributed by atoms with Crippen molar-refractivity contribution in [2.45, 2.75) is 18.8 Å². The molecule has 0 spiro atoms. The van der Waals surface area contributed by atoms with Crippen LogP contribution in [-0.2, 0) is 11.0 Å². The monoisotopic (exact) mass is 561 g/mol. The molecule has 0 atom stereocenters. The number of aliphatic carboxylic acids is 1. The van der Waals surface area contributed by atoms with Crippen LogP contribution in [0, 0.1) is 5.82 Å². The number of carbonyl (C=O) groups is 2. The maximum absolute atomic E-state index is 13.8. The third-order valence-electron chi connectivity index (χ3n) is 4.71. The zero-order chi connectivity index (χ0) is 29.2. The largest absolute Gasteiger partial charge is 0.490 e. The third-order valence-corrected chi connectivity index (χ3v) is 4.71. The molecule has 1 aromatic heterocycles. The van der Waals surface area contributed by atoms with Gasteiger partial charge in [0.15, 0.2) is 0 Å². The summed E-state index contributed by atoms with van der Waals surface area (Å²) in [5.74, 6) is -3.00. The van der Waals surface area contributed by atoms with Crippen LogP contribution in [0.25, 0.3) is 11.1 Å². The summed E-state index contributed by atoms with van der Waals surface area (Å²) in [6, 6.07) is 11.4. The molecule has 0 aliphatic rings. The maximum atomic E-state index is 13.8. The first-order valence-corrected chi connectivity index (χ1v) is 11.0. The number of amides is 2. The number of aromatic nitrogens is 1. The zero-order valence-electron chi connectivity index (χ0n) is 19.8. The van der Waals surface area contributed by atoms with Crippen LogP contribution in [0.15, 0.2) is 60.8 Å². The molecule has 210 valence electrons. The number of carboxylic acid groups (broad SMARTS) is 1. The van der Waals surface area contributed by atoms with Crippen LogP contribution in [0.1, 0.15) is 12.0 Å². The normalized spacial score (nSPS) is 11.2. The fourth-order valence-corrected chi connectivity index (χ4v) is 2.82. The van der Waals surface area contributed by atoms with E-state index in [2.05, 4.69) is 20.9 Å². The van der Waals surface area contributed by atoms with E-state index in [1.165, 1.54) is 0 Å². The van der Waals surface area contributed by atoms with Crippen molar-refractivity contribution in [1.29, 1.82) is 0 Å². The van der Waals surface area contributed by atoms with Gasteiger partial charge in [0.05, 0.1) is 11.3 Å². The molecule has 8 nitrogen and oxygen atoms in total. The van der Waals surface area contributed by atoms with Crippen LogP contribution in [0.4, 0.5) is 52.7 Å². The van der Waals surface area contributed by atoms with Gasteiger partial charge in [-0.3, -0.25) is 0 Å². The van der Waals surface area contributed by atoms with E-state index in [0.717, 1.165) is 29.9 Å². The number of hydrogen-bond donors (Lipinski definition) is 5. The lowest BCUT2D eigenvalue weighted by Crippen LogP contribution is -2.21. The lowest BCUT2D eigenvalue weighted by molar-refractivity contribution is -0.192. The summed E-state index contributed by atoms with van der Waals surface area (Å²) in [4.78, 5) is 25.3. The van der Waals surface area contributed by atoms with Crippen LogP contribution >= 0.6 is 0 Å². The van der Waals surface area contributed by atoms with Gasteiger partial charge in [-0.25, -0.2) is 19.0 Å². The van der Waals surface area contributed by atoms with Gasteiger partial charge in [0.1, 0.15) is 11.6 Å². The van der Waals surface area contributed by atoms with E-state index in [0.29, 0.717) is 30.4 Å². The highest BCUT2D eigenvalue weighted by molar-refractivity contribution is 6.00. The number of halogens is 7. The second-order valence-corrected chi connectivity index (χ2v) is 7.65. The van der Waals surface area contributed by atoms with E-state index in [1.54, 1.807) is 30.5 Å². The first-order valence-electron chi connectivity index (χ1n) is 11.0. The highest BCUT2D eigenvalue weighted by Gasteiger charge is 2.38. The Morgan fingerprint density at radius 3 is 2.03 bits per heavy atom. The van der Waals surface area contributed by atoms with E-state index in [1.807, 2.05) is 12.1 Å². The van der Waals surface area contributed by atoms with Gasteiger partial charge in [-0.05, 0) is 61.0 Å². The smallest absolute Gasteiger partial charge is 0.475 e. The molecule has 0 fully saturated rings. The Balaban J connectivity index is 0.000000673. The highest BCUT2D eigenvalue weighted by atomic mass is 19.4. The minimum atomic E-state index is -5.08. The SMILES string of the molecule is NCCCNc1ccc(-c2ccc(NC(=O)Nc3cc(C(F)(F)F)ccc3F)cc2)cn1.O=C(O)C(F)(F)F. The first-order chi connectivity index (χ1) is 18.2. The van der Waals surface area contributed by atoms with Gasteiger partial charge >= 0.3 is 24.4 Å². The molecule has 3 rings (SSSR count). The Labute approximate surface area is 217 Å². The number of nitrogens with two attached hydrogens (primary N) is 1. The van der Waals surface area contributed by atoms with E-state index in [9.17, 15) is 35.5 Å². The Morgan fingerprint density at radius 2 is 1.51 bits per heavy atom. The summed E-state index contributed by atoms with van der Waals surface area (Å²) in [5, 5.41) is 14.8. The van der Waals surface area contributed by atoms with Crippen LogP contribution in [0.5, 0.6) is 0 Å². The quantitative estimate of drug-likeness (QED) is 0.179. The Bertz CT molecular complexity index is 1250. The number of nitrogens with zero attached hydrogens (tertiary/aromatic N) is 1. The molecule has 6 N–H and O–H groups in total. The van der Waals surface area contributed by atoms with Gasteiger partial charge in [-0.15, -0.1) is 0 Å². The Kier molecular flexibility index (Phi) is 10.6. The van der Waals surface area contributed by atoms with Gasteiger partial charge in [-0.1, -0.05) is 12.1 Å². The van der Waals surface area contributed by atoms with Crippen molar-refractivity contribution in [2.24, 2.45) is 5.73 Å². The topological polar surface area (TPSA) is 129 Å². The minimum absolute atomic E-state index is 0.381. The number of rotatable bonds is 7. The third kappa shape index (κ3) is 10.1. The number of anilines is 3. The van der Waals surface area contributed by atoms with Crippen molar-refractivity contribution >= 4 is 29.2 Å². The molecule has 0 saturated carbocycles. The average Bonchev–Trinajstić information content (AvgIpc) is 2.85. The minimum Gasteiger partial charge on any atom is -0.475 e. The molecule has 0 aliphatic carbocycles. The molecule has 3 aromatic rings. The molecule has 1 heterocycles. The summed E-state index contributed by atoms with van der Waals surface area (Å²) in [7, 11) is 0. The summed E-state index contributed by atoms with van der Waals surface area (Å²) < 4.78 is 83.9. The van der Waals surface area contributed by atoms with Crippen LogP contribution in [-0.4, -0.2) is 41.4 Å².